The van der Waals surface area contributed by atoms with Crippen molar-refractivity contribution in [2.75, 3.05) is 13.3 Å². The molecule has 156 valence electrons. The third kappa shape index (κ3) is 3.94. The second kappa shape index (κ2) is 7.51. The number of rotatable bonds is 5. The molecule has 4 heterocycles. The van der Waals surface area contributed by atoms with Crippen LogP contribution in [0.15, 0.2) is 55.1 Å². The second-order valence-electron chi connectivity index (χ2n) is 7.71. The first-order valence-corrected chi connectivity index (χ1v) is 12.7. The van der Waals surface area contributed by atoms with Gasteiger partial charge >= 0.3 is 0 Å². The van der Waals surface area contributed by atoms with Crippen LogP contribution in [0.1, 0.15) is 11.1 Å². The Hall–Kier alpha value is -3.16. The number of halogens is 1. The highest BCUT2D eigenvalue weighted by atomic mass is 35.5. The fourth-order valence-electron chi connectivity index (χ4n) is 3.33. The van der Waals surface area contributed by atoms with Gasteiger partial charge in [-0.2, -0.15) is 5.10 Å². The molecule has 11 heteroatoms. The summed E-state index contributed by atoms with van der Waals surface area (Å²) in [4.78, 5) is 13.4. The molecule has 0 bridgehead atoms. The molecular formula is C20H18ClN8OP. The number of fused-ring (bicyclic) bond motifs is 2. The number of pyridine rings is 1. The van der Waals surface area contributed by atoms with Gasteiger partial charge in [0.1, 0.15) is 7.14 Å². The van der Waals surface area contributed by atoms with Crippen LogP contribution in [-0.2, 0) is 10.9 Å². The number of alkyl halides is 1. The van der Waals surface area contributed by atoms with Gasteiger partial charge in [0.15, 0.2) is 11.1 Å². The number of benzene rings is 1. The van der Waals surface area contributed by atoms with E-state index in [0.29, 0.717) is 23.3 Å². The van der Waals surface area contributed by atoms with Gasteiger partial charge in [0, 0.05) is 23.3 Å². The highest BCUT2D eigenvalue weighted by molar-refractivity contribution is 7.61. The first kappa shape index (κ1) is 19.8. The molecule has 0 aliphatic rings. The van der Waals surface area contributed by atoms with E-state index in [-0.39, 0.29) is 0 Å². The van der Waals surface area contributed by atoms with Gasteiger partial charge in [-0.1, -0.05) is 28.9 Å². The van der Waals surface area contributed by atoms with Crippen LogP contribution in [0.3, 0.4) is 0 Å². The topological polar surface area (TPSA) is 104 Å². The van der Waals surface area contributed by atoms with E-state index in [9.17, 15) is 4.57 Å². The first-order valence-electron chi connectivity index (χ1n) is 9.51. The minimum absolute atomic E-state index is 0.364. The maximum atomic E-state index is 12.1. The summed E-state index contributed by atoms with van der Waals surface area (Å²) in [6.45, 7) is 3.46. The fourth-order valence-corrected chi connectivity index (χ4v) is 4.45. The smallest absolute Gasteiger partial charge is 0.221 e. The SMILES string of the molecule is CP(C)(=O)Cn1cc(-c2cnc3nnn(C(Cl)c4ccc5ncccc5c4)c3n2)cn1. The average molecular weight is 453 g/mol. The van der Waals surface area contributed by atoms with Crippen LogP contribution >= 0.6 is 18.7 Å². The van der Waals surface area contributed by atoms with E-state index in [4.69, 9.17) is 11.6 Å². The zero-order valence-corrected chi connectivity index (χ0v) is 18.4. The first-order chi connectivity index (χ1) is 14.9. The van der Waals surface area contributed by atoms with Crippen LogP contribution < -0.4 is 0 Å². The van der Waals surface area contributed by atoms with E-state index in [0.717, 1.165) is 22.0 Å². The van der Waals surface area contributed by atoms with E-state index in [2.05, 4.69) is 30.4 Å². The van der Waals surface area contributed by atoms with Crippen molar-refractivity contribution < 1.29 is 4.57 Å². The van der Waals surface area contributed by atoms with Gasteiger partial charge in [0.25, 0.3) is 0 Å². The van der Waals surface area contributed by atoms with Crippen molar-refractivity contribution in [1.29, 1.82) is 0 Å². The summed E-state index contributed by atoms with van der Waals surface area (Å²) in [5, 5.41) is 13.5. The lowest BCUT2D eigenvalue weighted by Crippen LogP contribution is -2.07. The molecule has 0 amide bonds. The van der Waals surface area contributed by atoms with Crippen molar-refractivity contribution in [2.45, 2.75) is 11.8 Å². The minimum Gasteiger partial charge on any atom is -0.322 e. The molecule has 0 fully saturated rings. The van der Waals surface area contributed by atoms with Crippen LogP contribution in [0.25, 0.3) is 33.5 Å². The maximum Gasteiger partial charge on any atom is 0.221 e. The lowest BCUT2D eigenvalue weighted by molar-refractivity contribution is 0.569. The third-order valence-electron chi connectivity index (χ3n) is 4.72. The lowest BCUT2D eigenvalue weighted by atomic mass is 10.1. The second-order valence-corrected chi connectivity index (χ2v) is 11.6. The van der Waals surface area contributed by atoms with Gasteiger partial charge in [0.05, 0.1) is 29.9 Å². The van der Waals surface area contributed by atoms with Crippen LogP contribution in [-0.4, -0.2) is 53.1 Å². The normalized spacial score (nSPS) is 13.1. The largest absolute Gasteiger partial charge is 0.322 e. The van der Waals surface area contributed by atoms with E-state index in [1.165, 1.54) is 0 Å². The van der Waals surface area contributed by atoms with E-state index in [1.807, 2.05) is 30.3 Å². The van der Waals surface area contributed by atoms with Crippen LogP contribution in [0.5, 0.6) is 0 Å². The molecule has 0 saturated carbocycles. The zero-order valence-electron chi connectivity index (χ0n) is 16.8. The van der Waals surface area contributed by atoms with Crippen molar-refractivity contribution in [1.82, 2.24) is 39.7 Å². The van der Waals surface area contributed by atoms with E-state index < -0.39 is 12.6 Å². The van der Waals surface area contributed by atoms with Crippen LogP contribution in [0.4, 0.5) is 0 Å². The molecule has 0 radical (unpaired) electrons. The Morgan fingerprint density at radius 1 is 1.16 bits per heavy atom. The fraction of sp³-hybridized carbons (Fsp3) is 0.200. The molecule has 0 spiro atoms. The summed E-state index contributed by atoms with van der Waals surface area (Å²) in [5.41, 5.74) is 3.35. The summed E-state index contributed by atoms with van der Waals surface area (Å²) in [6, 6.07) is 9.67. The van der Waals surface area contributed by atoms with Crippen molar-refractivity contribution in [3.8, 4) is 11.3 Å². The van der Waals surface area contributed by atoms with Gasteiger partial charge in [-0.15, -0.1) is 5.10 Å². The standard InChI is InChI=1S/C20H18ClN8OP/c1-31(2,30)12-28-11-15(9-24-28)17-10-23-19-20(25-17)29(27-26-19)18(21)14-5-6-16-13(8-14)4-3-7-22-16/h3-11,18H,12H2,1-2H3. The molecule has 4 aromatic heterocycles. The van der Waals surface area contributed by atoms with Gasteiger partial charge in [-0.05, 0) is 37.1 Å². The van der Waals surface area contributed by atoms with Crippen molar-refractivity contribution in [3.63, 3.8) is 0 Å². The number of hydrogen-bond donors (Lipinski definition) is 0. The van der Waals surface area contributed by atoms with Gasteiger partial charge in [-0.25, -0.2) is 14.6 Å². The highest BCUT2D eigenvalue weighted by Gasteiger charge is 2.19. The Balaban J connectivity index is 1.52. The summed E-state index contributed by atoms with van der Waals surface area (Å²) in [5.74, 6) is 0. The maximum absolute atomic E-state index is 12.1. The predicted molar refractivity (Wildman–Crippen MR) is 120 cm³/mol. The molecular weight excluding hydrogens is 435 g/mol. The predicted octanol–water partition coefficient (Wildman–Crippen LogP) is 4.00. The summed E-state index contributed by atoms with van der Waals surface area (Å²) in [6.07, 6.45) is 7.21. The van der Waals surface area contributed by atoms with Gasteiger partial charge in [-0.3, -0.25) is 9.67 Å². The molecule has 31 heavy (non-hydrogen) atoms. The number of aromatic nitrogens is 8. The summed E-state index contributed by atoms with van der Waals surface area (Å²) >= 11 is 6.75. The van der Waals surface area contributed by atoms with E-state index >= 15 is 0 Å². The Kier molecular flexibility index (Phi) is 4.79. The zero-order chi connectivity index (χ0) is 21.6. The van der Waals surface area contributed by atoms with Crippen molar-refractivity contribution in [2.24, 2.45) is 0 Å². The number of nitrogens with zero attached hydrogens (tertiary/aromatic N) is 8. The molecule has 1 atom stereocenters. The van der Waals surface area contributed by atoms with Crippen molar-refractivity contribution in [3.05, 3.63) is 60.7 Å². The van der Waals surface area contributed by atoms with Gasteiger partial charge < -0.3 is 4.57 Å². The molecule has 0 aliphatic carbocycles. The van der Waals surface area contributed by atoms with Gasteiger partial charge in [0.2, 0.25) is 5.65 Å². The molecule has 0 saturated heterocycles. The molecule has 1 aromatic carbocycles. The van der Waals surface area contributed by atoms with E-state index in [1.54, 1.807) is 47.5 Å². The lowest BCUT2D eigenvalue weighted by Gasteiger charge is -2.11. The highest BCUT2D eigenvalue weighted by Crippen LogP contribution is 2.37. The third-order valence-corrected chi connectivity index (χ3v) is 6.13. The van der Waals surface area contributed by atoms with Crippen LogP contribution in [0, 0.1) is 0 Å². The van der Waals surface area contributed by atoms with Crippen LogP contribution in [0.2, 0.25) is 0 Å². The molecule has 1 unspecified atom stereocenters. The Labute approximate surface area is 182 Å². The Morgan fingerprint density at radius 2 is 2.03 bits per heavy atom. The Bertz CT molecular complexity index is 1460. The molecule has 0 aliphatic heterocycles. The molecule has 0 N–H and O–H groups in total. The molecule has 5 aromatic rings. The average Bonchev–Trinajstić information content (AvgIpc) is 3.38. The quantitative estimate of drug-likeness (QED) is 0.293. The monoisotopic (exact) mass is 452 g/mol. The molecule has 5 rings (SSSR count). The van der Waals surface area contributed by atoms with Crippen molar-refractivity contribution >= 4 is 40.9 Å². The summed E-state index contributed by atoms with van der Waals surface area (Å²) in [7, 11) is -2.25. The number of hydrogen-bond acceptors (Lipinski definition) is 7. The Morgan fingerprint density at radius 3 is 2.87 bits per heavy atom. The minimum atomic E-state index is -2.25. The molecule has 9 nitrogen and oxygen atoms in total. The summed E-state index contributed by atoms with van der Waals surface area (Å²) < 4.78 is 15.3.